The summed E-state index contributed by atoms with van der Waals surface area (Å²) >= 11 is 7.78. The average Bonchev–Trinajstić information content (AvgIpc) is 2.67. The summed E-state index contributed by atoms with van der Waals surface area (Å²) in [4.78, 5) is 13.8. The Balaban J connectivity index is 1.75. The molecular formula is C20H21ClN2OS. The van der Waals surface area contributed by atoms with Gasteiger partial charge in [-0.2, -0.15) is 0 Å². The fourth-order valence-corrected chi connectivity index (χ4v) is 4.04. The van der Waals surface area contributed by atoms with Gasteiger partial charge < -0.3 is 10.6 Å². The predicted octanol–water partition coefficient (Wildman–Crippen LogP) is 4.21. The van der Waals surface area contributed by atoms with Crippen LogP contribution in [0.4, 0.5) is 0 Å². The molecule has 0 spiro atoms. The number of halogens is 1. The van der Waals surface area contributed by atoms with Gasteiger partial charge in [-0.05, 0) is 30.7 Å². The Morgan fingerprint density at radius 1 is 1.16 bits per heavy atom. The molecule has 2 N–H and O–H groups in total. The highest BCUT2D eigenvalue weighted by atomic mass is 35.5. The van der Waals surface area contributed by atoms with Crippen LogP contribution in [0.15, 0.2) is 71.1 Å². The molecule has 1 heterocycles. The van der Waals surface area contributed by atoms with Gasteiger partial charge in [0.25, 0.3) is 0 Å². The molecule has 5 heteroatoms. The molecule has 0 bridgehead atoms. The first-order valence-electron chi connectivity index (χ1n) is 8.36. The molecule has 2 aromatic rings. The Morgan fingerprint density at radius 3 is 2.64 bits per heavy atom. The van der Waals surface area contributed by atoms with Gasteiger partial charge in [-0.3, -0.25) is 4.79 Å². The number of rotatable bonds is 6. The molecule has 1 amide bonds. The van der Waals surface area contributed by atoms with Gasteiger partial charge in [-0.1, -0.05) is 65.7 Å². The minimum atomic E-state index is -0.330. The molecule has 0 aromatic heterocycles. The van der Waals surface area contributed by atoms with Crippen molar-refractivity contribution in [2.24, 2.45) is 0 Å². The van der Waals surface area contributed by atoms with E-state index in [4.69, 9.17) is 11.6 Å². The van der Waals surface area contributed by atoms with Gasteiger partial charge in [-0.25, -0.2) is 0 Å². The van der Waals surface area contributed by atoms with E-state index in [0.29, 0.717) is 11.6 Å². The minimum Gasteiger partial charge on any atom is -0.351 e. The van der Waals surface area contributed by atoms with Gasteiger partial charge in [0.1, 0.15) is 5.25 Å². The van der Waals surface area contributed by atoms with E-state index in [1.54, 1.807) is 0 Å². The van der Waals surface area contributed by atoms with E-state index in [0.717, 1.165) is 30.0 Å². The third-order valence-electron chi connectivity index (χ3n) is 4.07. The van der Waals surface area contributed by atoms with E-state index in [2.05, 4.69) is 16.7 Å². The van der Waals surface area contributed by atoms with Crippen LogP contribution < -0.4 is 10.6 Å². The quantitative estimate of drug-likeness (QED) is 0.589. The number of hydrogen-bond donors (Lipinski definition) is 2. The first-order chi connectivity index (χ1) is 12.2. The predicted molar refractivity (Wildman–Crippen MR) is 105 cm³/mol. The normalized spacial score (nSPS) is 15.3. The van der Waals surface area contributed by atoms with Crippen molar-refractivity contribution in [1.29, 1.82) is 0 Å². The van der Waals surface area contributed by atoms with Gasteiger partial charge in [0.15, 0.2) is 0 Å². The highest BCUT2D eigenvalue weighted by Crippen LogP contribution is 2.38. The van der Waals surface area contributed by atoms with Gasteiger partial charge in [0.05, 0.1) is 5.02 Å². The SMILES string of the molecule is O=C(NCC1=CCNCC1)C(Sc1ccccc1Cl)c1ccccc1. The van der Waals surface area contributed by atoms with Crippen molar-refractivity contribution < 1.29 is 4.79 Å². The molecule has 1 aliphatic heterocycles. The van der Waals surface area contributed by atoms with Gasteiger partial charge in [0.2, 0.25) is 5.91 Å². The molecule has 0 saturated carbocycles. The molecule has 1 unspecified atom stereocenters. The molecule has 0 radical (unpaired) electrons. The maximum Gasteiger partial charge on any atom is 0.238 e. The number of amides is 1. The van der Waals surface area contributed by atoms with Crippen LogP contribution in [0, 0.1) is 0 Å². The molecule has 3 rings (SSSR count). The van der Waals surface area contributed by atoms with Gasteiger partial charge in [-0.15, -0.1) is 11.8 Å². The molecule has 0 aliphatic carbocycles. The second kappa shape index (κ2) is 9.09. The molecule has 1 aliphatic rings. The standard InChI is InChI=1S/C20H21ClN2OS/c21-17-8-4-5-9-18(17)25-19(16-6-2-1-3-7-16)20(24)23-14-15-10-12-22-13-11-15/h1-10,19,22H,11-14H2,(H,23,24). The van der Waals surface area contributed by atoms with Crippen LogP contribution in [-0.2, 0) is 4.79 Å². The number of thioether (sulfide) groups is 1. The lowest BCUT2D eigenvalue weighted by molar-refractivity contribution is -0.120. The summed E-state index contributed by atoms with van der Waals surface area (Å²) in [6.07, 6.45) is 3.14. The van der Waals surface area contributed by atoms with Crippen LogP contribution in [0.25, 0.3) is 0 Å². The maximum absolute atomic E-state index is 12.9. The lowest BCUT2D eigenvalue weighted by Crippen LogP contribution is -2.32. The van der Waals surface area contributed by atoms with Crippen LogP contribution in [0.2, 0.25) is 5.02 Å². The highest BCUT2D eigenvalue weighted by molar-refractivity contribution is 8.00. The summed E-state index contributed by atoms with van der Waals surface area (Å²) < 4.78 is 0. The molecule has 3 nitrogen and oxygen atoms in total. The fourth-order valence-electron chi connectivity index (χ4n) is 2.69. The minimum absolute atomic E-state index is 0.00977. The second-order valence-corrected chi connectivity index (χ2v) is 7.43. The smallest absolute Gasteiger partial charge is 0.238 e. The van der Waals surface area contributed by atoms with E-state index in [1.165, 1.54) is 17.3 Å². The molecule has 25 heavy (non-hydrogen) atoms. The summed E-state index contributed by atoms with van der Waals surface area (Å²) in [6.45, 7) is 2.45. The Kier molecular flexibility index (Phi) is 6.56. The van der Waals surface area contributed by atoms with Crippen LogP contribution >= 0.6 is 23.4 Å². The third-order valence-corrected chi connectivity index (χ3v) is 5.84. The van der Waals surface area contributed by atoms with E-state index in [-0.39, 0.29) is 11.2 Å². The van der Waals surface area contributed by atoms with Crippen molar-refractivity contribution in [3.8, 4) is 0 Å². The summed E-state index contributed by atoms with van der Waals surface area (Å²) in [6, 6.07) is 17.5. The van der Waals surface area contributed by atoms with Crippen molar-refractivity contribution >= 4 is 29.3 Å². The Labute approximate surface area is 157 Å². The van der Waals surface area contributed by atoms with Crippen LogP contribution in [-0.4, -0.2) is 25.5 Å². The Bertz CT molecular complexity index is 748. The van der Waals surface area contributed by atoms with E-state index in [1.807, 2.05) is 54.6 Å². The Hall–Kier alpha value is -1.75. The average molecular weight is 373 g/mol. The monoisotopic (exact) mass is 372 g/mol. The van der Waals surface area contributed by atoms with Crippen LogP contribution in [0.5, 0.6) is 0 Å². The zero-order valence-corrected chi connectivity index (χ0v) is 15.4. The number of benzene rings is 2. The summed E-state index contributed by atoms with van der Waals surface area (Å²) in [7, 11) is 0. The zero-order valence-electron chi connectivity index (χ0n) is 13.9. The molecule has 0 fully saturated rings. The van der Waals surface area contributed by atoms with E-state index >= 15 is 0 Å². The van der Waals surface area contributed by atoms with Gasteiger partial charge >= 0.3 is 0 Å². The first kappa shape index (κ1) is 18.1. The fraction of sp³-hybridized carbons (Fsp3) is 0.250. The molecule has 0 saturated heterocycles. The first-order valence-corrected chi connectivity index (χ1v) is 9.62. The van der Waals surface area contributed by atoms with E-state index in [9.17, 15) is 4.79 Å². The second-order valence-electron chi connectivity index (χ2n) is 5.87. The van der Waals surface area contributed by atoms with Crippen molar-refractivity contribution in [3.05, 3.63) is 76.8 Å². The number of nitrogens with one attached hydrogen (secondary N) is 2. The molecule has 1 atom stereocenters. The summed E-state index contributed by atoms with van der Waals surface area (Å²) in [5.41, 5.74) is 2.26. The number of carbonyl (C=O) groups is 1. The number of hydrogen-bond acceptors (Lipinski definition) is 3. The molecular weight excluding hydrogens is 352 g/mol. The van der Waals surface area contributed by atoms with Crippen molar-refractivity contribution in [2.45, 2.75) is 16.6 Å². The highest BCUT2D eigenvalue weighted by Gasteiger charge is 2.23. The van der Waals surface area contributed by atoms with Crippen molar-refractivity contribution in [1.82, 2.24) is 10.6 Å². The summed E-state index contributed by atoms with van der Waals surface area (Å²) in [5, 5.41) is 6.71. The molecule has 2 aromatic carbocycles. The lowest BCUT2D eigenvalue weighted by atomic mass is 10.1. The number of carbonyl (C=O) groups excluding carboxylic acids is 1. The summed E-state index contributed by atoms with van der Waals surface area (Å²) in [5.74, 6) is 0.00977. The van der Waals surface area contributed by atoms with Crippen LogP contribution in [0.3, 0.4) is 0 Å². The van der Waals surface area contributed by atoms with E-state index < -0.39 is 0 Å². The van der Waals surface area contributed by atoms with Crippen LogP contribution in [0.1, 0.15) is 17.2 Å². The third kappa shape index (κ3) is 5.11. The topological polar surface area (TPSA) is 41.1 Å². The van der Waals surface area contributed by atoms with Gasteiger partial charge in [0, 0.05) is 18.0 Å². The zero-order chi connectivity index (χ0) is 17.5. The maximum atomic E-state index is 12.9. The largest absolute Gasteiger partial charge is 0.351 e. The van der Waals surface area contributed by atoms with Crippen molar-refractivity contribution in [2.75, 3.05) is 19.6 Å². The van der Waals surface area contributed by atoms with Crippen molar-refractivity contribution in [3.63, 3.8) is 0 Å². The Morgan fingerprint density at radius 2 is 1.92 bits per heavy atom. The molecule has 130 valence electrons. The lowest BCUT2D eigenvalue weighted by Gasteiger charge is -2.19.